The zero-order chi connectivity index (χ0) is 22.0. The van der Waals surface area contributed by atoms with Gasteiger partial charge in [-0.3, -0.25) is 0 Å². The zero-order valence-corrected chi connectivity index (χ0v) is 17.8. The molecule has 30 heavy (non-hydrogen) atoms. The number of hydrogen-bond acceptors (Lipinski definition) is 7. The van der Waals surface area contributed by atoms with Gasteiger partial charge in [0.05, 0.1) is 18.6 Å². The lowest BCUT2D eigenvalue weighted by Crippen LogP contribution is -2.12. The van der Waals surface area contributed by atoms with Gasteiger partial charge >= 0.3 is 0 Å². The van der Waals surface area contributed by atoms with Crippen molar-refractivity contribution < 1.29 is 14.3 Å². The molecule has 2 N–H and O–H groups in total. The zero-order valence-electron chi connectivity index (χ0n) is 17.8. The Morgan fingerprint density at radius 1 is 0.933 bits per heavy atom. The SMILES string of the molecule is CNCc1nc(NCC=O)c2ccccc2n1.COC.O=CCCc1ccccc1. The lowest BCUT2D eigenvalue weighted by Gasteiger charge is -2.08. The summed E-state index contributed by atoms with van der Waals surface area (Å²) < 4.78 is 4.25. The van der Waals surface area contributed by atoms with Crippen molar-refractivity contribution in [3.8, 4) is 0 Å². The van der Waals surface area contributed by atoms with Gasteiger partial charge in [-0.25, -0.2) is 9.97 Å². The number of ether oxygens (including phenoxy) is 1. The Bertz CT molecular complexity index is 873. The lowest BCUT2D eigenvalue weighted by atomic mass is 10.1. The second-order valence-electron chi connectivity index (χ2n) is 6.18. The Balaban J connectivity index is 0.000000294. The molecule has 1 aromatic heterocycles. The number of fused-ring (bicyclic) bond motifs is 1. The molecule has 3 aromatic rings. The molecule has 0 aliphatic heterocycles. The largest absolute Gasteiger partial charge is 0.388 e. The van der Waals surface area contributed by atoms with Crippen LogP contribution < -0.4 is 10.6 Å². The first-order chi connectivity index (χ1) is 14.7. The number of carbonyl (C=O) groups excluding carboxylic acids is 2. The van der Waals surface area contributed by atoms with Crippen molar-refractivity contribution >= 4 is 29.3 Å². The van der Waals surface area contributed by atoms with E-state index in [1.165, 1.54) is 5.56 Å². The Hall–Kier alpha value is -3.16. The summed E-state index contributed by atoms with van der Waals surface area (Å²) in [5.41, 5.74) is 2.11. The molecule has 2 aromatic carbocycles. The Kier molecular flexibility index (Phi) is 13.0. The van der Waals surface area contributed by atoms with Crippen molar-refractivity contribution in [1.82, 2.24) is 15.3 Å². The number of rotatable bonds is 8. The molecule has 160 valence electrons. The molecule has 0 bridgehead atoms. The van der Waals surface area contributed by atoms with E-state index in [9.17, 15) is 9.59 Å². The van der Waals surface area contributed by atoms with Crippen LogP contribution in [0.3, 0.4) is 0 Å². The van der Waals surface area contributed by atoms with Gasteiger partial charge < -0.3 is 25.0 Å². The molecule has 0 radical (unpaired) electrons. The minimum Gasteiger partial charge on any atom is -0.388 e. The second-order valence-corrected chi connectivity index (χ2v) is 6.18. The first kappa shape index (κ1) is 24.9. The molecule has 1 heterocycles. The molecule has 0 aliphatic carbocycles. The normalized spacial score (nSPS) is 9.57. The molecule has 3 rings (SSSR count). The van der Waals surface area contributed by atoms with Crippen LogP contribution in [0, 0.1) is 0 Å². The van der Waals surface area contributed by atoms with Crippen LogP contribution in [-0.4, -0.2) is 50.4 Å². The Morgan fingerprint density at radius 3 is 2.23 bits per heavy atom. The van der Waals surface area contributed by atoms with Crippen molar-refractivity contribution in [1.29, 1.82) is 0 Å². The third kappa shape index (κ3) is 9.36. The summed E-state index contributed by atoms with van der Waals surface area (Å²) >= 11 is 0. The molecular formula is C23H30N4O3. The van der Waals surface area contributed by atoms with Crippen LogP contribution >= 0.6 is 0 Å². The topological polar surface area (TPSA) is 93.2 Å². The summed E-state index contributed by atoms with van der Waals surface area (Å²) in [5.74, 6) is 1.41. The minimum atomic E-state index is 0.250. The van der Waals surface area contributed by atoms with Crippen molar-refractivity contribution in [2.75, 3.05) is 33.1 Å². The maximum absolute atomic E-state index is 10.4. The lowest BCUT2D eigenvalue weighted by molar-refractivity contribution is -0.108. The van der Waals surface area contributed by atoms with E-state index in [-0.39, 0.29) is 6.54 Å². The number of anilines is 1. The van der Waals surface area contributed by atoms with Crippen LogP contribution in [0.2, 0.25) is 0 Å². The van der Waals surface area contributed by atoms with Gasteiger partial charge in [0.15, 0.2) is 0 Å². The van der Waals surface area contributed by atoms with E-state index in [1.807, 2.05) is 61.6 Å². The van der Waals surface area contributed by atoms with E-state index < -0.39 is 0 Å². The van der Waals surface area contributed by atoms with Crippen molar-refractivity contribution in [2.24, 2.45) is 0 Å². The molecule has 0 aliphatic rings. The van der Waals surface area contributed by atoms with Gasteiger partial charge in [0, 0.05) is 26.0 Å². The molecule has 7 nitrogen and oxygen atoms in total. The summed E-state index contributed by atoms with van der Waals surface area (Å²) in [6.07, 6.45) is 3.26. The predicted octanol–water partition coefficient (Wildman–Crippen LogP) is 3.04. The van der Waals surface area contributed by atoms with Crippen LogP contribution in [0.15, 0.2) is 54.6 Å². The highest BCUT2D eigenvalue weighted by atomic mass is 16.4. The van der Waals surface area contributed by atoms with E-state index in [0.717, 1.165) is 29.9 Å². The summed E-state index contributed by atoms with van der Waals surface area (Å²) in [5, 5.41) is 6.92. The van der Waals surface area contributed by atoms with Gasteiger partial charge in [-0.05, 0) is 31.2 Å². The first-order valence-corrected chi connectivity index (χ1v) is 9.65. The van der Waals surface area contributed by atoms with Crippen molar-refractivity contribution in [3.05, 3.63) is 66.0 Å². The van der Waals surface area contributed by atoms with Gasteiger partial charge in [0.25, 0.3) is 0 Å². The summed E-state index contributed by atoms with van der Waals surface area (Å²) in [7, 11) is 5.09. The minimum absolute atomic E-state index is 0.250. The van der Waals surface area contributed by atoms with Crippen LogP contribution in [0.4, 0.5) is 5.82 Å². The molecule has 0 unspecified atom stereocenters. The fraction of sp³-hybridized carbons (Fsp3) is 0.304. The van der Waals surface area contributed by atoms with E-state index in [0.29, 0.717) is 24.6 Å². The Morgan fingerprint density at radius 2 is 1.60 bits per heavy atom. The molecule has 0 saturated heterocycles. The number of aryl methyl sites for hydroxylation is 1. The molecule has 0 fully saturated rings. The number of para-hydroxylation sites is 1. The number of aromatic nitrogens is 2. The number of benzene rings is 2. The van der Waals surface area contributed by atoms with Gasteiger partial charge in [0.1, 0.15) is 24.2 Å². The van der Waals surface area contributed by atoms with Gasteiger partial charge in [-0.15, -0.1) is 0 Å². The monoisotopic (exact) mass is 410 g/mol. The summed E-state index contributed by atoms with van der Waals surface area (Å²) in [4.78, 5) is 29.2. The summed E-state index contributed by atoms with van der Waals surface area (Å²) in [6, 6.07) is 17.7. The van der Waals surface area contributed by atoms with Gasteiger partial charge in [-0.1, -0.05) is 42.5 Å². The van der Waals surface area contributed by atoms with E-state index >= 15 is 0 Å². The second kappa shape index (κ2) is 15.7. The highest BCUT2D eigenvalue weighted by Crippen LogP contribution is 2.19. The highest BCUT2D eigenvalue weighted by molar-refractivity contribution is 5.89. The fourth-order valence-corrected chi connectivity index (χ4v) is 2.51. The number of hydrogen-bond donors (Lipinski definition) is 2. The van der Waals surface area contributed by atoms with E-state index in [2.05, 4.69) is 25.3 Å². The van der Waals surface area contributed by atoms with Crippen LogP contribution in [0.1, 0.15) is 17.8 Å². The average Bonchev–Trinajstić information content (AvgIpc) is 2.78. The third-order valence-electron chi connectivity index (χ3n) is 3.73. The van der Waals surface area contributed by atoms with Crippen molar-refractivity contribution in [2.45, 2.75) is 19.4 Å². The maximum Gasteiger partial charge on any atom is 0.145 e. The number of nitrogens with one attached hydrogen (secondary N) is 2. The predicted molar refractivity (Wildman–Crippen MR) is 121 cm³/mol. The number of carbonyl (C=O) groups is 2. The van der Waals surface area contributed by atoms with Gasteiger partial charge in [0.2, 0.25) is 0 Å². The van der Waals surface area contributed by atoms with Crippen LogP contribution in [0.25, 0.3) is 10.9 Å². The average molecular weight is 411 g/mol. The molecule has 0 saturated carbocycles. The first-order valence-electron chi connectivity index (χ1n) is 9.65. The number of methoxy groups -OCH3 is 1. The van der Waals surface area contributed by atoms with E-state index in [4.69, 9.17) is 0 Å². The van der Waals surface area contributed by atoms with E-state index in [1.54, 1.807) is 14.2 Å². The maximum atomic E-state index is 10.4. The molecule has 7 heteroatoms. The van der Waals surface area contributed by atoms with Crippen molar-refractivity contribution in [3.63, 3.8) is 0 Å². The molecule has 0 atom stereocenters. The fourth-order valence-electron chi connectivity index (χ4n) is 2.51. The molecule has 0 spiro atoms. The van der Waals surface area contributed by atoms with Crippen LogP contribution in [-0.2, 0) is 27.3 Å². The quantitative estimate of drug-likeness (QED) is 0.551. The highest BCUT2D eigenvalue weighted by Gasteiger charge is 2.06. The summed E-state index contributed by atoms with van der Waals surface area (Å²) in [6.45, 7) is 0.848. The number of aldehydes is 2. The molecule has 0 amide bonds. The standard InChI is InChI=1S/C12H14N4O.C9H10O.C2H6O/c1-13-8-11-15-10-5-3-2-4-9(10)12(16-11)14-6-7-17;10-8-4-7-9-5-2-1-3-6-9;1-3-2/h2-5,7,13H,6,8H2,1H3,(H,14,15,16);1-3,5-6,8H,4,7H2;1-2H3. The smallest absolute Gasteiger partial charge is 0.145 e. The van der Waals surface area contributed by atoms with Crippen LogP contribution in [0.5, 0.6) is 0 Å². The molecular weight excluding hydrogens is 380 g/mol. The number of nitrogens with zero attached hydrogens (tertiary/aromatic N) is 2. The third-order valence-corrected chi connectivity index (χ3v) is 3.73. The van der Waals surface area contributed by atoms with Gasteiger partial charge in [-0.2, -0.15) is 0 Å². The Labute approximate surface area is 177 Å².